The first kappa shape index (κ1) is 8.52. The molecular formula is C7H8BrNO2. The fraction of sp³-hybridized carbons (Fsp3) is 0.143. The summed E-state index contributed by atoms with van der Waals surface area (Å²) in [7, 11) is 0. The van der Waals surface area contributed by atoms with Crippen molar-refractivity contribution in [2.45, 2.75) is 6.54 Å². The number of phenolic OH excluding ortho intramolecular Hbond substituents is 1. The van der Waals surface area contributed by atoms with Gasteiger partial charge in [-0.05, 0) is 18.2 Å². The molecule has 0 aliphatic heterocycles. The third-order valence-electron chi connectivity index (χ3n) is 1.31. The predicted octanol–water partition coefficient (Wildman–Crippen LogP) is 1.63. The molecule has 0 aliphatic rings. The zero-order valence-electron chi connectivity index (χ0n) is 5.71. The molecule has 4 heteroatoms. The lowest BCUT2D eigenvalue weighted by Crippen LogP contribution is -2.05. The number of phenols is 1. The lowest BCUT2D eigenvalue weighted by atomic mass is 10.2. The van der Waals surface area contributed by atoms with Gasteiger partial charge in [0.2, 0.25) is 0 Å². The monoisotopic (exact) mass is 217 g/mol. The van der Waals surface area contributed by atoms with Gasteiger partial charge in [0, 0.05) is 16.6 Å². The molecule has 0 spiro atoms. The van der Waals surface area contributed by atoms with Crippen molar-refractivity contribution in [3.05, 3.63) is 28.2 Å². The summed E-state index contributed by atoms with van der Waals surface area (Å²) in [5.41, 5.74) is 2.63. The largest absolute Gasteiger partial charge is 0.508 e. The summed E-state index contributed by atoms with van der Waals surface area (Å²) in [6.45, 7) is 0.241. The van der Waals surface area contributed by atoms with Gasteiger partial charge in [0.25, 0.3) is 0 Å². The number of nitrogens with one attached hydrogen (secondary N) is 1. The molecule has 0 saturated heterocycles. The van der Waals surface area contributed by atoms with E-state index < -0.39 is 0 Å². The molecule has 1 rings (SSSR count). The van der Waals surface area contributed by atoms with Crippen LogP contribution in [-0.2, 0) is 6.54 Å². The fourth-order valence-electron chi connectivity index (χ4n) is 0.781. The number of hydrogen-bond donors (Lipinski definition) is 3. The summed E-state index contributed by atoms with van der Waals surface area (Å²) < 4.78 is 0.876. The van der Waals surface area contributed by atoms with Gasteiger partial charge in [0.05, 0.1) is 0 Å². The van der Waals surface area contributed by atoms with Crippen LogP contribution in [0.5, 0.6) is 5.75 Å². The van der Waals surface area contributed by atoms with Crippen LogP contribution in [0.3, 0.4) is 0 Å². The van der Waals surface area contributed by atoms with Crippen LogP contribution in [0.25, 0.3) is 0 Å². The quantitative estimate of drug-likeness (QED) is 0.661. The maximum atomic E-state index is 9.19. The highest BCUT2D eigenvalue weighted by Gasteiger charge is 1.99. The molecule has 0 radical (unpaired) electrons. The van der Waals surface area contributed by atoms with E-state index in [1.807, 2.05) is 5.48 Å². The summed E-state index contributed by atoms with van der Waals surface area (Å²) >= 11 is 3.25. The molecule has 1 aromatic rings. The molecule has 0 saturated carbocycles. The topological polar surface area (TPSA) is 52.5 Å². The van der Waals surface area contributed by atoms with E-state index in [9.17, 15) is 5.11 Å². The second kappa shape index (κ2) is 3.71. The molecular weight excluding hydrogens is 210 g/mol. The number of aromatic hydroxyl groups is 1. The summed E-state index contributed by atoms with van der Waals surface area (Å²) in [5.74, 6) is 0.176. The summed E-state index contributed by atoms with van der Waals surface area (Å²) in [4.78, 5) is 0. The molecule has 0 heterocycles. The van der Waals surface area contributed by atoms with Gasteiger partial charge < -0.3 is 10.3 Å². The van der Waals surface area contributed by atoms with Crippen LogP contribution < -0.4 is 5.48 Å². The van der Waals surface area contributed by atoms with Crippen LogP contribution >= 0.6 is 15.9 Å². The van der Waals surface area contributed by atoms with E-state index in [4.69, 9.17) is 5.21 Å². The van der Waals surface area contributed by atoms with E-state index in [2.05, 4.69) is 15.9 Å². The normalized spacial score (nSPS) is 10.0. The van der Waals surface area contributed by atoms with Crippen molar-refractivity contribution < 1.29 is 10.3 Å². The van der Waals surface area contributed by atoms with E-state index >= 15 is 0 Å². The van der Waals surface area contributed by atoms with Crippen molar-refractivity contribution in [2.24, 2.45) is 0 Å². The van der Waals surface area contributed by atoms with E-state index in [-0.39, 0.29) is 12.3 Å². The maximum Gasteiger partial charge on any atom is 0.120 e. The van der Waals surface area contributed by atoms with Crippen molar-refractivity contribution >= 4 is 15.9 Å². The molecule has 60 valence electrons. The van der Waals surface area contributed by atoms with Gasteiger partial charge in [0.1, 0.15) is 5.75 Å². The number of hydroxylamine groups is 1. The highest BCUT2D eigenvalue weighted by molar-refractivity contribution is 9.10. The Hall–Kier alpha value is -0.580. The maximum absolute atomic E-state index is 9.19. The Labute approximate surface area is 72.8 Å². The highest BCUT2D eigenvalue weighted by atomic mass is 79.9. The number of hydrogen-bond acceptors (Lipinski definition) is 3. The smallest absolute Gasteiger partial charge is 0.120 e. The van der Waals surface area contributed by atoms with E-state index in [1.165, 1.54) is 0 Å². The van der Waals surface area contributed by atoms with Crippen LogP contribution in [0, 0.1) is 0 Å². The van der Waals surface area contributed by atoms with Crippen LogP contribution in [0.1, 0.15) is 5.56 Å². The first-order valence-corrected chi connectivity index (χ1v) is 3.87. The van der Waals surface area contributed by atoms with Crippen molar-refractivity contribution in [1.82, 2.24) is 5.48 Å². The standard InChI is InChI=1S/C7H8BrNO2/c8-6-1-2-7(10)5(3-6)4-9-11/h1-3,9-11H,4H2. The predicted molar refractivity (Wildman–Crippen MR) is 44.4 cm³/mol. The number of halogens is 1. The van der Waals surface area contributed by atoms with Gasteiger partial charge in [-0.3, -0.25) is 0 Å². The second-order valence-corrected chi connectivity index (χ2v) is 3.02. The van der Waals surface area contributed by atoms with Crippen LogP contribution in [0.15, 0.2) is 22.7 Å². The zero-order chi connectivity index (χ0) is 8.27. The molecule has 3 N–H and O–H groups in total. The minimum Gasteiger partial charge on any atom is -0.508 e. The SMILES string of the molecule is ONCc1cc(Br)ccc1O. The fourth-order valence-corrected chi connectivity index (χ4v) is 1.19. The lowest BCUT2D eigenvalue weighted by molar-refractivity contribution is 0.160. The van der Waals surface area contributed by atoms with E-state index in [0.717, 1.165) is 4.47 Å². The number of rotatable bonds is 2. The molecule has 0 aliphatic carbocycles. The molecule has 0 fully saturated rings. The Morgan fingerprint density at radius 3 is 2.82 bits per heavy atom. The van der Waals surface area contributed by atoms with E-state index in [1.54, 1.807) is 18.2 Å². The molecule has 0 bridgehead atoms. The average molecular weight is 218 g/mol. The number of benzene rings is 1. The van der Waals surface area contributed by atoms with Gasteiger partial charge in [-0.1, -0.05) is 15.9 Å². The van der Waals surface area contributed by atoms with Crippen LogP contribution in [-0.4, -0.2) is 10.3 Å². The molecule has 0 amide bonds. The van der Waals surface area contributed by atoms with Gasteiger partial charge in [-0.25, -0.2) is 5.48 Å². The molecule has 11 heavy (non-hydrogen) atoms. The highest BCUT2D eigenvalue weighted by Crippen LogP contribution is 2.21. The lowest BCUT2D eigenvalue weighted by Gasteiger charge is -2.02. The van der Waals surface area contributed by atoms with Crippen LogP contribution in [0.2, 0.25) is 0 Å². The molecule has 0 unspecified atom stereocenters. The molecule has 1 aromatic carbocycles. The van der Waals surface area contributed by atoms with Gasteiger partial charge in [-0.2, -0.15) is 0 Å². The Kier molecular flexibility index (Phi) is 2.87. The first-order valence-electron chi connectivity index (χ1n) is 3.08. The van der Waals surface area contributed by atoms with E-state index in [0.29, 0.717) is 5.56 Å². The zero-order valence-corrected chi connectivity index (χ0v) is 7.30. The summed E-state index contributed by atoms with van der Waals surface area (Å²) in [5, 5.41) is 17.6. The van der Waals surface area contributed by atoms with Crippen molar-refractivity contribution in [2.75, 3.05) is 0 Å². The van der Waals surface area contributed by atoms with Crippen LogP contribution in [0.4, 0.5) is 0 Å². The minimum absolute atomic E-state index is 0.176. The second-order valence-electron chi connectivity index (χ2n) is 2.11. The molecule has 0 aromatic heterocycles. The van der Waals surface area contributed by atoms with Crippen molar-refractivity contribution in [3.63, 3.8) is 0 Å². The third kappa shape index (κ3) is 2.18. The summed E-state index contributed by atoms with van der Waals surface area (Å²) in [6, 6.07) is 5.03. The van der Waals surface area contributed by atoms with Gasteiger partial charge >= 0.3 is 0 Å². The van der Waals surface area contributed by atoms with Crippen molar-refractivity contribution in [3.8, 4) is 5.75 Å². The summed E-state index contributed by atoms with van der Waals surface area (Å²) in [6.07, 6.45) is 0. The Morgan fingerprint density at radius 2 is 2.18 bits per heavy atom. The average Bonchev–Trinajstić information content (AvgIpc) is 1.98. The first-order chi connectivity index (χ1) is 5.24. The van der Waals surface area contributed by atoms with Crippen molar-refractivity contribution in [1.29, 1.82) is 0 Å². The third-order valence-corrected chi connectivity index (χ3v) is 1.80. The Morgan fingerprint density at radius 1 is 1.45 bits per heavy atom. The molecule has 0 atom stereocenters. The van der Waals surface area contributed by atoms with Gasteiger partial charge in [-0.15, -0.1) is 0 Å². The Balaban J connectivity index is 2.93. The van der Waals surface area contributed by atoms with Gasteiger partial charge in [0.15, 0.2) is 0 Å². The minimum atomic E-state index is 0.176. The Bertz CT molecular complexity index is 252. The molecule has 3 nitrogen and oxygen atoms in total.